The van der Waals surface area contributed by atoms with Gasteiger partial charge in [-0.25, -0.2) is 0 Å². The average molecular weight is 202 g/mol. The molecular weight excluding hydrogens is 192 g/mol. The Bertz CT molecular complexity index is 387. The second-order valence-corrected chi connectivity index (χ2v) is 2.78. The lowest BCUT2D eigenvalue weighted by Gasteiger charge is -2.03. The third-order valence-corrected chi connectivity index (χ3v) is 1.73. The molecule has 0 radical (unpaired) electrons. The van der Waals surface area contributed by atoms with Gasteiger partial charge in [0.05, 0.1) is 25.6 Å². The largest absolute Gasteiger partial charge is 0.493 e. The van der Waals surface area contributed by atoms with Gasteiger partial charge in [-0.2, -0.15) is 5.26 Å². The number of azide groups is 1. The highest BCUT2D eigenvalue weighted by atomic mass is 16.5. The number of rotatable bonds is 5. The number of benzene rings is 1. The van der Waals surface area contributed by atoms with Crippen LogP contribution >= 0.6 is 0 Å². The second kappa shape index (κ2) is 6.30. The lowest BCUT2D eigenvalue weighted by atomic mass is 10.2. The van der Waals surface area contributed by atoms with Crippen LogP contribution in [0.5, 0.6) is 5.75 Å². The number of nitriles is 1. The lowest BCUT2D eigenvalue weighted by Crippen LogP contribution is -1.99. The fourth-order valence-corrected chi connectivity index (χ4v) is 1.04. The molecule has 0 aromatic heterocycles. The Hall–Kier alpha value is -2.18. The van der Waals surface area contributed by atoms with E-state index in [2.05, 4.69) is 16.1 Å². The van der Waals surface area contributed by atoms with E-state index in [0.29, 0.717) is 25.3 Å². The highest BCUT2D eigenvalue weighted by molar-refractivity contribution is 5.28. The maximum Gasteiger partial charge on any atom is 0.119 e. The number of ether oxygens (including phenoxy) is 1. The lowest BCUT2D eigenvalue weighted by molar-refractivity contribution is 0.328. The van der Waals surface area contributed by atoms with Gasteiger partial charge in [0.2, 0.25) is 0 Å². The van der Waals surface area contributed by atoms with Crippen molar-refractivity contribution in [1.29, 1.82) is 5.26 Å². The monoisotopic (exact) mass is 202 g/mol. The Kier molecular flexibility index (Phi) is 4.58. The van der Waals surface area contributed by atoms with Crippen LogP contribution < -0.4 is 4.74 Å². The molecule has 5 heteroatoms. The zero-order chi connectivity index (χ0) is 10.9. The van der Waals surface area contributed by atoms with Gasteiger partial charge in [0.15, 0.2) is 0 Å². The topological polar surface area (TPSA) is 81.8 Å². The zero-order valence-electron chi connectivity index (χ0n) is 8.13. The molecule has 0 atom stereocenters. The summed E-state index contributed by atoms with van der Waals surface area (Å²) < 4.78 is 5.29. The highest BCUT2D eigenvalue weighted by Crippen LogP contribution is 2.12. The van der Waals surface area contributed by atoms with E-state index in [1.807, 2.05) is 12.1 Å². The molecule has 0 spiro atoms. The van der Waals surface area contributed by atoms with Gasteiger partial charge in [0, 0.05) is 4.91 Å². The van der Waals surface area contributed by atoms with E-state index < -0.39 is 0 Å². The minimum absolute atomic E-state index is 0.316. The summed E-state index contributed by atoms with van der Waals surface area (Å²) in [6.45, 7) is 0.679. The molecular formula is C10H10N4O. The molecule has 0 heterocycles. The van der Waals surface area contributed by atoms with Gasteiger partial charge >= 0.3 is 0 Å². The second-order valence-electron chi connectivity index (χ2n) is 2.78. The van der Waals surface area contributed by atoms with E-state index in [9.17, 15) is 0 Å². The molecule has 0 bridgehead atoms. The molecule has 0 amide bonds. The SMILES string of the molecule is N#CCc1ccc(OCCN=[N+]=[N-])cc1. The van der Waals surface area contributed by atoms with Crippen LogP contribution in [0.1, 0.15) is 5.56 Å². The molecule has 5 nitrogen and oxygen atoms in total. The molecule has 1 rings (SSSR count). The van der Waals surface area contributed by atoms with Gasteiger partial charge in [-0.05, 0) is 23.2 Å². The van der Waals surface area contributed by atoms with Crippen molar-refractivity contribution in [3.05, 3.63) is 40.3 Å². The molecule has 76 valence electrons. The van der Waals surface area contributed by atoms with E-state index in [1.54, 1.807) is 12.1 Å². The Morgan fingerprint density at radius 1 is 1.40 bits per heavy atom. The molecule has 0 fully saturated rings. The summed E-state index contributed by atoms with van der Waals surface area (Å²) in [6.07, 6.45) is 0.402. The Labute approximate surface area is 87.5 Å². The van der Waals surface area contributed by atoms with Crippen molar-refractivity contribution >= 4 is 0 Å². The van der Waals surface area contributed by atoms with E-state index >= 15 is 0 Å². The van der Waals surface area contributed by atoms with Crippen molar-refractivity contribution in [2.45, 2.75) is 6.42 Å². The smallest absolute Gasteiger partial charge is 0.119 e. The Balaban J connectivity index is 2.43. The van der Waals surface area contributed by atoms with Gasteiger partial charge in [-0.1, -0.05) is 17.2 Å². The third kappa shape index (κ3) is 4.03. The molecule has 0 saturated heterocycles. The van der Waals surface area contributed by atoms with Crippen molar-refractivity contribution in [2.75, 3.05) is 13.2 Å². The van der Waals surface area contributed by atoms with Gasteiger partial charge in [0.1, 0.15) is 5.75 Å². The molecule has 15 heavy (non-hydrogen) atoms. The maximum atomic E-state index is 8.46. The molecule has 0 saturated carbocycles. The van der Waals surface area contributed by atoms with Gasteiger partial charge in [0.25, 0.3) is 0 Å². The first kappa shape index (κ1) is 10.9. The predicted molar refractivity (Wildman–Crippen MR) is 55.3 cm³/mol. The maximum absolute atomic E-state index is 8.46. The molecule has 0 aliphatic rings. The summed E-state index contributed by atoms with van der Waals surface area (Å²) in [7, 11) is 0. The van der Waals surface area contributed by atoms with Crippen LogP contribution in [0, 0.1) is 11.3 Å². The van der Waals surface area contributed by atoms with Crippen LogP contribution in [0.4, 0.5) is 0 Å². The van der Waals surface area contributed by atoms with Crippen molar-refractivity contribution in [3.8, 4) is 11.8 Å². The fraction of sp³-hybridized carbons (Fsp3) is 0.300. The quantitative estimate of drug-likeness (QED) is 0.318. The number of nitrogens with zero attached hydrogens (tertiary/aromatic N) is 4. The molecule has 1 aromatic carbocycles. The molecule has 0 N–H and O–H groups in total. The van der Waals surface area contributed by atoms with E-state index in [1.165, 1.54) is 0 Å². The first-order valence-electron chi connectivity index (χ1n) is 4.46. The van der Waals surface area contributed by atoms with E-state index in [0.717, 1.165) is 5.56 Å². The summed E-state index contributed by atoms with van der Waals surface area (Å²) in [5.41, 5.74) is 8.99. The van der Waals surface area contributed by atoms with Crippen molar-refractivity contribution < 1.29 is 4.74 Å². The molecule has 0 unspecified atom stereocenters. The van der Waals surface area contributed by atoms with Crippen LogP contribution in [-0.4, -0.2) is 13.2 Å². The van der Waals surface area contributed by atoms with Crippen LogP contribution in [0.3, 0.4) is 0 Å². The number of hydrogen-bond donors (Lipinski definition) is 0. The van der Waals surface area contributed by atoms with E-state index in [-0.39, 0.29) is 0 Å². The van der Waals surface area contributed by atoms with Crippen LogP contribution in [0.15, 0.2) is 29.4 Å². The first-order valence-corrected chi connectivity index (χ1v) is 4.46. The summed E-state index contributed by atoms with van der Waals surface area (Å²) in [5, 5.41) is 11.8. The van der Waals surface area contributed by atoms with Gasteiger partial charge in [-0.3, -0.25) is 0 Å². The zero-order valence-corrected chi connectivity index (χ0v) is 8.13. The molecule has 1 aromatic rings. The summed E-state index contributed by atoms with van der Waals surface area (Å²) >= 11 is 0. The van der Waals surface area contributed by atoms with Crippen molar-refractivity contribution in [3.63, 3.8) is 0 Å². The Morgan fingerprint density at radius 2 is 2.13 bits per heavy atom. The Morgan fingerprint density at radius 3 is 2.73 bits per heavy atom. The van der Waals surface area contributed by atoms with Crippen LogP contribution in [0.2, 0.25) is 0 Å². The third-order valence-electron chi connectivity index (χ3n) is 1.73. The van der Waals surface area contributed by atoms with Crippen molar-refractivity contribution in [1.82, 2.24) is 0 Å². The van der Waals surface area contributed by atoms with Crippen molar-refractivity contribution in [2.24, 2.45) is 5.11 Å². The summed E-state index contributed by atoms with van der Waals surface area (Å²) in [4.78, 5) is 2.61. The van der Waals surface area contributed by atoms with Gasteiger partial charge < -0.3 is 4.74 Å². The predicted octanol–water partition coefficient (Wildman–Crippen LogP) is 2.44. The first-order chi connectivity index (χ1) is 7.36. The van der Waals surface area contributed by atoms with Gasteiger partial charge in [-0.15, -0.1) is 0 Å². The fourth-order valence-electron chi connectivity index (χ4n) is 1.04. The summed E-state index contributed by atoms with van der Waals surface area (Å²) in [6, 6.07) is 9.33. The van der Waals surface area contributed by atoms with E-state index in [4.69, 9.17) is 15.5 Å². The summed E-state index contributed by atoms with van der Waals surface area (Å²) in [5.74, 6) is 0.713. The normalized spacial score (nSPS) is 8.73. The highest BCUT2D eigenvalue weighted by Gasteiger charge is 1.94. The standard InChI is InChI=1S/C10H10N4O/c11-6-5-9-1-3-10(4-2-9)15-8-7-13-14-12/h1-4H,5,7-8H2. The van der Waals surface area contributed by atoms with Crippen LogP contribution in [-0.2, 0) is 6.42 Å². The molecule has 0 aliphatic heterocycles. The van der Waals surface area contributed by atoms with Crippen LogP contribution in [0.25, 0.3) is 10.4 Å². The average Bonchev–Trinajstić information content (AvgIpc) is 2.27. The number of hydrogen-bond acceptors (Lipinski definition) is 3. The minimum atomic E-state index is 0.316. The minimum Gasteiger partial charge on any atom is -0.493 e. The molecule has 0 aliphatic carbocycles.